The minimum Gasteiger partial charge on any atom is -0.424 e. The Hall–Kier alpha value is -2.48. The van der Waals surface area contributed by atoms with Gasteiger partial charge in [-0.3, -0.25) is 4.79 Å². The molecule has 2 rings (SSSR count). The van der Waals surface area contributed by atoms with Crippen LogP contribution in [-0.4, -0.2) is 37.6 Å². The van der Waals surface area contributed by atoms with Gasteiger partial charge in [0.15, 0.2) is 9.84 Å². The molecule has 0 radical (unpaired) electrons. The minimum atomic E-state index is -3.34. The van der Waals surface area contributed by atoms with E-state index in [-0.39, 0.29) is 16.8 Å². The number of carbonyl (C=O) groups is 1. The molecule has 1 aromatic heterocycles. The molecule has 1 N–H and O–H groups in total. The van der Waals surface area contributed by atoms with Gasteiger partial charge in [-0.15, -0.1) is 0 Å². The molecule has 0 unspecified atom stereocenters. The molecule has 0 fully saturated rings. The van der Waals surface area contributed by atoms with Crippen molar-refractivity contribution in [1.82, 2.24) is 15.3 Å². The fourth-order valence-electron chi connectivity index (χ4n) is 2.04. The van der Waals surface area contributed by atoms with Gasteiger partial charge >= 0.3 is 6.01 Å². The maximum Gasteiger partial charge on any atom is 0.322 e. The summed E-state index contributed by atoms with van der Waals surface area (Å²) in [6, 6.07) is 7.73. The van der Waals surface area contributed by atoms with Crippen LogP contribution >= 0.6 is 0 Å². The van der Waals surface area contributed by atoms with Crippen molar-refractivity contribution in [2.24, 2.45) is 0 Å². The summed E-state index contributed by atoms with van der Waals surface area (Å²) in [4.78, 5) is 20.4. The average Bonchev–Trinajstić information content (AvgIpc) is 2.53. The van der Waals surface area contributed by atoms with Gasteiger partial charge in [0.1, 0.15) is 5.75 Å². The van der Waals surface area contributed by atoms with Crippen molar-refractivity contribution < 1.29 is 17.9 Å². The summed E-state index contributed by atoms with van der Waals surface area (Å²) in [5, 5.41) is 2.59. The molecule has 1 amide bonds. The number of hydrogen-bond donors (Lipinski definition) is 1. The Morgan fingerprint density at radius 1 is 1.25 bits per heavy atom. The lowest BCUT2D eigenvalue weighted by molar-refractivity contribution is -0.125. The van der Waals surface area contributed by atoms with Gasteiger partial charge in [0, 0.05) is 19.5 Å². The summed E-state index contributed by atoms with van der Waals surface area (Å²) < 4.78 is 28.7. The molecular formula is C16H19N3O4S. The largest absolute Gasteiger partial charge is 0.424 e. The van der Waals surface area contributed by atoms with Crippen LogP contribution in [-0.2, 0) is 20.0 Å². The van der Waals surface area contributed by atoms with Crippen LogP contribution in [0, 0.1) is 0 Å². The predicted molar refractivity (Wildman–Crippen MR) is 88.8 cm³/mol. The Balaban J connectivity index is 2.33. The highest BCUT2D eigenvalue weighted by atomic mass is 32.2. The highest BCUT2D eigenvalue weighted by Crippen LogP contribution is 2.25. The number of sulfone groups is 1. The van der Waals surface area contributed by atoms with Crippen molar-refractivity contribution in [3.63, 3.8) is 0 Å². The lowest BCUT2D eigenvalue weighted by Gasteiger charge is -2.21. The summed E-state index contributed by atoms with van der Waals surface area (Å²) in [6.45, 7) is 3.48. The smallest absolute Gasteiger partial charge is 0.322 e. The summed E-state index contributed by atoms with van der Waals surface area (Å²) in [5.74, 6) is 0.110. The van der Waals surface area contributed by atoms with Crippen molar-refractivity contribution in [2.45, 2.75) is 24.2 Å². The molecule has 0 saturated heterocycles. The fraction of sp³-hybridized carbons (Fsp3) is 0.312. The third-order valence-electron chi connectivity index (χ3n) is 3.51. The molecule has 0 atom stereocenters. The minimum absolute atomic E-state index is 0.0372. The number of hydrogen-bond acceptors (Lipinski definition) is 6. The molecule has 0 saturated carbocycles. The second-order valence-electron chi connectivity index (χ2n) is 5.78. The monoisotopic (exact) mass is 349 g/mol. The van der Waals surface area contributed by atoms with E-state index in [1.54, 1.807) is 39.1 Å². The molecule has 0 aliphatic heterocycles. The molecule has 0 spiro atoms. The topological polar surface area (TPSA) is 98.2 Å². The number of benzene rings is 1. The molecule has 0 aliphatic rings. The number of nitrogens with zero attached hydrogens (tertiary/aromatic N) is 2. The van der Waals surface area contributed by atoms with E-state index in [2.05, 4.69) is 15.3 Å². The Morgan fingerprint density at radius 3 is 2.58 bits per heavy atom. The van der Waals surface area contributed by atoms with Crippen LogP contribution < -0.4 is 10.1 Å². The van der Waals surface area contributed by atoms with E-state index < -0.39 is 15.3 Å². The maximum atomic E-state index is 12.0. The van der Waals surface area contributed by atoms with Crippen molar-refractivity contribution in [1.29, 1.82) is 0 Å². The van der Waals surface area contributed by atoms with Crippen LogP contribution in [0.2, 0.25) is 0 Å². The van der Waals surface area contributed by atoms with E-state index in [0.29, 0.717) is 11.4 Å². The molecule has 0 bridgehead atoms. The lowest BCUT2D eigenvalue weighted by Crippen LogP contribution is -2.38. The highest BCUT2D eigenvalue weighted by Gasteiger charge is 2.31. The van der Waals surface area contributed by atoms with Gasteiger partial charge in [0.25, 0.3) is 0 Å². The molecular weight excluding hydrogens is 330 g/mol. The first-order valence-corrected chi connectivity index (χ1v) is 9.07. The second-order valence-corrected chi connectivity index (χ2v) is 7.79. The quantitative estimate of drug-likeness (QED) is 0.882. The van der Waals surface area contributed by atoms with Crippen LogP contribution in [0.15, 0.2) is 41.4 Å². The van der Waals surface area contributed by atoms with E-state index >= 15 is 0 Å². The van der Waals surface area contributed by atoms with Gasteiger partial charge in [0.05, 0.1) is 16.0 Å². The molecule has 24 heavy (non-hydrogen) atoms. The van der Waals surface area contributed by atoms with E-state index in [1.165, 1.54) is 18.3 Å². The number of aromatic nitrogens is 2. The average molecular weight is 349 g/mol. The summed E-state index contributed by atoms with van der Waals surface area (Å²) >= 11 is 0. The maximum absolute atomic E-state index is 12.0. The van der Waals surface area contributed by atoms with E-state index in [0.717, 1.165) is 6.26 Å². The van der Waals surface area contributed by atoms with Crippen molar-refractivity contribution in [3.8, 4) is 11.8 Å². The Labute approximate surface area is 141 Å². The van der Waals surface area contributed by atoms with Crippen LogP contribution in [0.25, 0.3) is 0 Å². The Morgan fingerprint density at radius 2 is 1.96 bits per heavy atom. The molecule has 7 nitrogen and oxygen atoms in total. The van der Waals surface area contributed by atoms with Gasteiger partial charge < -0.3 is 10.1 Å². The van der Waals surface area contributed by atoms with E-state index in [4.69, 9.17) is 4.74 Å². The standard InChI is InChI=1S/C16H19N3O4S/c1-16(2,14(20)17-3)13-8-9-18-15(19-13)23-11-6-5-7-12(10-11)24(4,21)22/h5-10H,1-4H3,(H,17,20). The second kappa shape index (κ2) is 6.56. The van der Waals surface area contributed by atoms with Crippen LogP contribution in [0.5, 0.6) is 11.8 Å². The van der Waals surface area contributed by atoms with E-state index in [9.17, 15) is 13.2 Å². The van der Waals surface area contributed by atoms with Gasteiger partial charge in [0.2, 0.25) is 5.91 Å². The summed E-state index contributed by atoms with van der Waals surface area (Å²) in [7, 11) is -1.78. The van der Waals surface area contributed by atoms with Gasteiger partial charge in [-0.1, -0.05) is 6.07 Å². The van der Waals surface area contributed by atoms with Gasteiger partial charge in [-0.05, 0) is 38.1 Å². The number of rotatable bonds is 5. The third kappa shape index (κ3) is 3.88. The lowest BCUT2D eigenvalue weighted by atomic mass is 9.88. The molecule has 1 heterocycles. The van der Waals surface area contributed by atoms with E-state index in [1.807, 2.05) is 0 Å². The zero-order valence-electron chi connectivity index (χ0n) is 13.9. The molecule has 128 valence electrons. The predicted octanol–water partition coefficient (Wildman–Crippen LogP) is 1.70. The summed E-state index contributed by atoms with van der Waals surface area (Å²) in [5.41, 5.74) is -0.365. The van der Waals surface area contributed by atoms with Crippen LogP contribution in [0.3, 0.4) is 0 Å². The van der Waals surface area contributed by atoms with Crippen molar-refractivity contribution >= 4 is 15.7 Å². The normalized spacial score (nSPS) is 11.8. The Kier molecular flexibility index (Phi) is 4.88. The molecule has 0 aliphatic carbocycles. The molecule has 1 aromatic carbocycles. The first-order valence-electron chi connectivity index (χ1n) is 7.18. The molecule has 2 aromatic rings. The number of likely N-dealkylation sites (N-methyl/N-ethyl adjacent to an activating group) is 1. The SMILES string of the molecule is CNC(=O)C(C)(C)c1ccnc(Oc2cccc(S(C)(=O)=O)c2)n1. The van der Waals surface area contributed by atoms with Crippen LogP contribution in [0.1, 0.15) is 19.5 Å². The number of nitrogens with one attached hydrogen (secondary N) is 1. The van der Waals surface area contributed by atoms with Crippen LogP contribution in [0.4, 0.5) is 0 Å². The zero-order valence-corrected chi connectivity index (χ0v) is 14.7. The van der Waals surface area contributed by atoms with Gasteiger partial charge in [-0.2, -0.15) is 4.98 Å². The highest BCUT2D eigenvalue weighted by molar-refractivity contribution is 7.90. The first kappa shape index (κ1) is 17.9. The number of carbonyl (C=O) groups excluding carboxylic acids is 1. The first-order chi connectivity index (χ1) is 11.1. The Bertz CT molecular complexity index is 863. The van der Waals surface area contributed by atoms with Crippen molar-refractivity contribution in [2.75, 3.05) is 13.3 Å². The van der Waals surface area contributed by atoms with Gasteiger partial charge in [-0.25, -0.2) is 13.4 Å². The van der Waals surface area contributed by atoms with Crippen molar-refractivity contribution in [3.05, 3.63) is 42.2 Å². The zero-order chi connectivity index (χ0) is 18.0. The third-order valence-corrected chi connectivity index (χ3v) is 4.62. The summed E-state index contributed by atoms with van der Waals surface area (Å²) in [6.07, 6.45) is 2.61. The molecule has 8 heteroatoms. The fourth-order valence-corrected chi connectivity index (χ4v) is 2.70. The number of amides is 1. The number of ether oxygens (including phenoxy) is 1.